The number of carboxylic acids is 1. The second-order valence-electron chi connectivity index (χ2n) is 5.15. The number of carboxylic acid groups (broad SMARTS) is 1. The number of rotatable bonds is 12. The summed E-state index contributed by atoms with van der Waals surface area (Å²) < 4.78 is 4.50. The summed E-state index contributed by atoms with van der Waals surface area (Å²) in [6, 6.07) is 0. The molecule has 0 fully saturated rings. The van der Waals surface area contributed by atoms with Gasteiger partial charge in [0.2, 0.25) is 0 Å². The van der Waals surface area contributed by atoms with Crippen molar-refractivity contribution in [2.75, 3.05) is 7.11 Å². The van der Waals surface area contributed by atoms with Crippen LogP contribution in [-0.2, 0) is 14.3 Å². The van der Waals surface area contributed by atoms with Gasteiger partial charge in [-0.2, -0.15) is 0 Å². The molecule has 5 nitrogen and oxygen atoms in total. The Labute approximate surface area is 140 Å². The summed E-state index contributed by atoms with van der Waals surface area (Å²) in [5, 5.41) is 7.72. The van der Waals surface area contributed by atoms with Crippen LogP contribution in [0.3, 0.4) is 0 Å². The van der Waals surface area contributed by atoms with Gasteiger partial charge >= 0.3 is 11.9 Å². The molecule has 0 radical (unpaired) electrons. The number of carbonyl (C=O) groups is 2. The molecular weight excluding hydrogens is 294 g/mol. The highest BCUT2D eigenvalue weighted by molar-refractivity contribution is 5.85. The summed E-state index contributed by atoms with van der Waals surface area (Å²) in [4.78, 5) is 24.1. The van der Waals surface area contributed by atoms with Crippen LogP contribution >= 0.6 is 0 Å². The number of esters is 1. The lowest BCUT2D eigenvalue weighted by atomic mass is 10.1. The van der Waals surface area contributed by atoms with Crippen LogP contribution in [0.1, 0.15) is 78.1 Å². The van der Waals surface area contributed by atoms with Gasteiger partial charge in [0.05, 0.1) is 13.5 Å². The molecule has 0 aliphatic heterocycles. The van der Waals surface area contributed by atoms with Gasteiger partial charge in [0.15, 0.2) is 0 Å². The maximum absolute atomic E-state index is 10.8. The third kappa shape index (κ3) is 25.6. The van der Waals surface area contributed by atoms with Gasteiger partial charge in [-0.05, 0) is 12.8 Å². The van der Waals surface area contributed by atoms with Gasteiger partial charge in [-0.3, -0.25) is 14.6 Å². The van der Waals surface area contributed by atoms with E-state index in [2.05, 4.69) is 22.7 Å². The topological polar surface area (TPSA) is 76.0 Å². The summed E-state index contributed by atoms with van der Waals surface area (Å²) in [6.07, 6.45) is 16.3. The van der Waals surface area contributed by atoms with Crippen molar-refractivity contribution < 1.29 is 19.4 Å². The van der Waals surface area contributed by atoms with Gasteiger partial charge in [0.1, 0.15) is 0 Å². The Hall–Kier alpha value is -1.65. The van der Waals surface area contributed by atoms with Crippen LogP contribution in [0.5, 0.6) is 0 Å². The van der Waals surface area contributed by atoms with E-state index in [0.717, 1.165) is 6.42 Å². The highest BCUT2D eigenvalue weighted by Gasteiger charge is 1.93. The molecule has 1 N–H and O–H groups in total. The number of carbonyl (C=O) groups excluding carboxylic acids is 1. The lowest BCUT2D eigenvalue weighted by Gasteiger charge is -1.98. The molecule has 0 aromatic heterocycles. The molecule has 0 aromatic rings. The molecule has 0 saturated heterocycles. The van der Waals surface area contributed by atoms with E-state index in [1.807, 2.05) is 0 Å². The number of nitrogens with zero attached hydrogens (tertiary/aromatic N) is 1. The fourth-order valence-electron chi connectivity index (χ4n) is 1.63. The fourth-order valence-corrected chi connectivity index (χ4v) is 1.63. The summed E-state index contributed by atoms with van der Waals surface area (Å²) in [5.74, 6) is -0.996. The molecule has 23 heavy (non-hydrogen) atoms. The third-order valence-electron chi connectivity index (χ3n) is 3.06. The highest BCUT2D eigenvalue weighted by Crippen LogP contribution is 2.08. The smallest absolute Gasteiger partial charge is 0.310 e. The molecule has 0 amide bonds. The van der Waals surface area contributed by atoms with Crippen molar-refractivity contribution in [2.24, 2.45) is 4.99 Å². The molecule has 0 spiro atoms. The maximum atomic E-state index is 10.8. The largest absolute Gasteiger partial charge is 0.481 e. The minimum absolute atomic E-state index is 0.222. The number of aliphatic carboxylic acids is 1. The van der Waals surface area contributed by atoms with Crippen LogP contribution in [0.15, 0.2) is 17.3 Å². The average Bonchev–Trinajstić information content (AvgIpc) is 2.56. The van der Waals surface area contributed by atoms with Crippen molar-refractivity contribution in [3.63, 3.8) is 0 Å². The predicted octanol–water partition coefficient (Wildman–Crippen LogP) is 4.76. The Balaban J connectivity index is 0. The van der Waals surface area contributed by atoms with Crippen molar-refractivity contribution in [3.05, 3.63) is 12.3 Å². The number of aliphatic imine (C=N–C) groups is 1. The molecule has 0 rings (SSSR count). The molecule has 0 saturated carbocycles. The maximum Gasteiger partial charge on any atom is 0.310 e. The molecule has 0 unspecified atom stereocenters. The van der Waals surface area contributed by atoms with E-state index in [9.17, 15) is 9.59 Å². The fraction of sp³-hybridized carbons (Fsp3) is 0.722. The number of hydrogen-bond donors (Lipinski definition) is 1. The van der Waals surface area contributed by atoms with Gasteiger partial charge in [0.25, 0.3) is 0 Å². The lowest BCUT2D eigenvalue weighted by Crippen LogP contribution is -1.99. The molecule has 134 valence electrons. The van der Waals surface area contributed by atoms with E-state index in [4.69, 9.17) is 5.11 Å². The zero-order chi connectivity index (χ0) is 17.8. The summed E-state index contributed by atoms with van der Waals surface area (Å²) in [7, 11) is 1.38. The minimum atomic E-state index is -0.745. The molecule has 0 aliphatic carbocycles. The molecular formula is C18H33NO4. The second kappa shape index (κ2) is 20.3. The number of allylic oxidation sites excluding steroid dienone is 1. The Kier molecular flexibility index (Phi) is 20.9. The van der Waals surface area contributed by atoms with E-state index in [1.54, 1.807) is 19.3 Å². The van der Waals surface area contributed by atoms with Crippen LogP contribution in [0.2, 0.25) is 0 Å². The van der Waals surface area contributed by atoms with Crippen LogP contribution in [0.4, 0.5) is 0 Å². The standard InChI is InChI=1S/C15H27NO2.C3H6O2/c1-3-4-5-6-7-8-9-10-11-13-16-14-12-15(17)18-2;1-2-3(4)5/h11,13-14H,3-10,12H2,1-2H3;2H2,1H3,(H,4,5). The minimum Gasteiger partial charge on any atom is -0.481 e. The van der Waals surface area contributed by atoms with E-state index in [-0.39, 0.29) is 18.8 Å². The first-order chi connectivity index (χ1) is 11.1. The van der Waals surface area contributed by atoms with E-state index < -0.39 is 5.97 Å². The predicted molar refractivity (Wildman–Crippen MR) is 94.8 cm³/mol. The van der Waals surface area contributed by atoms with Gasteiger partial charge in [0, 0.05) is 18.8 Å². The zero-order valence-electron chi connectivity index (χ0n) is 14.9. The Morgan fingerprint density at radius 3 is 2.13 bits per heavy atom. The number of methoxy groups -OCH3 is 1. The SMILES string of the molecule is CCC(=O)O.CCCCCCCCCC=CN=CCC(=O)OC. The normalized spacial score (nSPS) is 10.6. The molecule has 5 heteroatoms. The molecule has 0 bridgehead atoms. The van der Waals surface area contributed by atoms with Gasteiger partial charge in [-0.1, -0.05) is 58.4 Å². The molecule has 0 heterocycles. The first-order valence-electron chi connectivity index (χ1n) is 8.53. The van der Waals surface area contributed by atoms with Crippen LogP contribution in [0, 0.1) is 0 Å². The summed E-state index contributed by atoms with van der Waals surface area (Å²) in [5.41, 5.74) is 0. The lowest BCUT2D eigenvalue weighted by molar-refractivity contribution is -0.139. The Bertz CT molecular complexity index is 338. The average molecular weight is 327 g/mol. The zero-order valence-corrected chi connectivity index (χ0v) is 14.9. The third-order valence-corrected chi connectivity index (χ3v) is 3.06. The molecule has 0 atom stereocenters. The molecule has 0 aliphatic rings. The quantitative estimate of drug-likeness (QED) is 0.319. The van der Waals surface area contributed by atoms with Crippen molar-refractivity contribution in [1.29, 1.82) is 0 Å². The van der Waals surface area contributed by atoms with Crippen LogP contribution < -0.4 is 0 Å². The van der Waals surface area contributed by atoms with Crippen molar-refractivity contribution in [3.8, 4) is 0 Å². The highest BCUT2D eigenvalue weighted by atomic mass is 16.5. The molecule has 0 aromatic carbocycles. The first-order valence-corrected chi connectivity index (χ1v) is 8.53. The van der Waals surface area contributed by atoms with Gasteiger partial charge < -0.3 is 9.84 Å². The van der Waals surface area contributed by atoms with Crippen molar-refractivity contribution in [1.82, 2.24) is 0 Å². The van der Waals surface area contributed by atoms with Crippen LogP contribution in [-0.4, -0.2) is 30.4 Å². The monoisotopic (exact) mass is 327 g/mol. The van der Waals surface area contributed by atoms with Gasteiger partial charge in [-0.25, -0.2) is 0 Å². The summed E-state index contributed by atoms with van der Waals surface area (Å²) >= 11 is 0. The Morgan fingerprint density at radius 2 is 1.61 bits per heavy atom. The van der Waals surface area contributed by atoms with E-state index in [0.29, 0.717) is 0 Å². The van der Waals surface area contributed by atoms with E-state index in [1.165, 1.54) is 52.1 Å². The van der Waals surface area contributed by atoms with Gasteiger partial charge in [-0.15, -0.1) is 0 Å². The first kappa shape index (κ1) is 23.6. The van der Waals surface area contributed by atoms with E-state index >= 15 is 0 Å². The summed E-state index contributed by atoms with van der Waals surface area (Å²) in [6.45, 7) is 3.84. The number of unbranched alkanes of at least 4 members (excludes halogenated alkanes) is 7. The second-order valence-corrected chi connectivity index (χ2v) is 5.15. The van der Waals surface area contributed by atoms with Crippen molar-refractivity contribution >= 4 is 18.2 Å². The van der Waals surface area contributed by atoms with Crippen molar-refractivity contribution in [2.45, 2.75) is 78.1 Å². The van der Waals surface area contributed by atoms with Crippen LogP contribution in [0.25, 0.3) is 0 Å². The number of ether oxygens (including phenoxy) is 1. The Morgan fingerprint density at radius 1 is 1.04 bits per heavy atom. The number of hydrogen-bond acceptors (Lipinski definition) is 4.